The van der Waals surface area contributed by atoms with Gasteiger partial charge in [-0.05, 0) is 67.6 Å². The van der Waals surface area contributed by atoms with E-state index in [4.69, 9.17) is 19.3 Å². The first kappa shape index (κ1) is 22.2. The molecule has 0 bridgehead atoms. The number of rotatable bonds is 6. The number of benzene rings is 3. The van der Waals surface area contributed by atoms with Crippen LogP contribution in [0.3, 0.4) is 0 Å². The molecule has 1 aromatic heterocycles. The maximum absolute atomic E-state index is 13.1. The van der Waals surface area contributed by atoms with E-state index < -0.39 is 5.97 Å². The van der Waals surface area contributed by atoms with Gasteiger partial charge in [0.05, 0.1) is 30.5 Å². The predicted octanol–water partition coefficient (Wildman–Crippen LogP) is 5.34. The third kappa shape index (κ3) is 4.31. The van der Waals surface area contributed by atoms with Crippen LogP contribution in [-0.2, 0) is 4.74 Å². The van der Waals surface area contributed by atoms with Crippen LogP contribution >= 0.6 is 0 Å². The number of para-hydroxylation sites is 1. The molecule has 0 spiro atoms. The van der Waals surface area contributed by atoms with Gasteiger partial charge in [0.15, 0.2) is 5.76 Å². The van der Waals surface area contributed by atoms with Crippen molar-refractivity contribution in [1.29, 1.82) is 0 Å². The Labute approximate surface area is 202 Å². The summed E-state index contributed by atoms with van der Waals surface area (Å²) in [6.45, 7) is 2.52. The minimum atomic E-state index is -0.514. The average molecular weight is 466 g/mol. The summed E-state index contributed by atoms with van der Waals surface area (Å²) < 4.78 is 17.9. The van der Waals surface area contributed by atoms with Gasteiger partial charge in [-0.15, -0.1) is 0 Å². The molecule has 3 aromatic carbocycles. The van der Waals surface area contributed by atoms with Gasteiger partial charge >= 0.3 is 5.97 Å². The molecule has 0 aliphatic carbocycles. The molecule has 0 saturated carbocycles. The molecule has 2 heterocycles. The van der Waals surface area contributed by atoms with Gasteiger partial charge in [-0.3, -0.25) is 4.79 Å². The molecule has 7 nitrogen and oxygen atoms in total. The lowest BCUT2D eigenvalue weighted by Crippen LogP contribution is -2.03. The highest BCUT2D eigenvalue weighted by Gasteiger charge is 2.29. The number of hydrogen-bond donors (Lipinski definition) is 0. The smallest absolute Gasteiger partial charge is 0.337 e. The van der Waals surface area contributed by atoms with Crippen molar-refractivity contribution in [3.8, 4) is 28.4 Å². The van der Waals surface area contributed by atoms with E-state index in [2.05, 4.69) is 0 Å². The van der Waals surface area contributed by atoms with Gasteiger partial charge < -0.3 is 14.2 Å². The molecule has 5 rings (SSSR count). The van der Waals surface area contributed by atoms with Crippen LogP contribution in [0.1, 0.15) is 33.2 Å². The SMILES string of the molecule is CCOc1ccc(-c2nn(-c3ccccc3)cc2/C=C2\Oc3ccc(C(=O)OC)cc3C2=O)cc1. The number of carbonyl (C=O) groups excluding carboxylic acids is 2. The molecule has 7 heteroatoms. The highest BCUT2D eigenvalue weighted by Crippen LogP contribution is 2.34. The quantitative estimate of drug-likeness (QED) is 0.282. The van der Waals surface area contributed by atoms with Crippen molar-refractivity contribution >= 4 is 17.8 Å². The molecule has 0 N–H and O–H groups in total. The van der Waals surface area contributed by atoms with Gasteiger partial charge in [0.2, 0.25) is 5.78 Å². The zero-order valence-electron chi connectivity index (χ0n) is 19.2. The summed E-state index contributed by atoms with van der Waals surface area (Å²) in [5.74, 6) is 0.495. The number of ketones is 1. The number of carbonyl (C=O) groups is 2. The van der Waals surface area contributed by atoms with Crippen molar-refractivity contribution in [2.45, 2.75) is 6.92 Å². The molecule has 0 fully saturated rings. The van der Waals surface area contributed by atoms with Gasteiger partial charge in [-0.2, -0.15) is 5.10 Å². The Bertz CT molecular complexity index is 1440. The molecule has 0 radical (unpaired) electrons. The van der Waals surface area contributed by atoms with Crippen molar-refractivity contribution in [3.05, 3.63) is 101 Å². The molecule has 0 amide bonds. The Kier molecular flexibility index (Phi) is 5.89. The van der Waals surface area contributed by atoms with Crippen LogP contribution in [0.5, 0.6) is 11.5 Å². The van der Waals surface area contributed by atoms with E-state index in [1.807, 2.05) is 67.7 Å². The maximum Gasteiger partial charge on any atom is 0.337 e. The number of aromatic nitrogens is 2. The zero-order chi connectivity index (χ0) is 24.4. The first-order valence-corrected chi connectivity index (χ1v) is 11.1. The minimum absolute atomic E-state index is 0.154. The van der Waals surface area contributed by atoms with Gasteiger partial charge in [0.25, 0.3) is 0 Å². The highest BCUT2D eigenvalue weighted by molar-refractivity contribution is 6.15. The largest absolute Gasteiger partial charge is 0.494 e. The van der Waals surface area contributed by atoms with Crippen LogP contribution in [0.4, 0.5) is 0 Å². The van der Waals surface area contributed by atoms with Crippen molar-refractivity contribution in [3.63, 3.8) is 0 Å². The minimum Gasteiger partial charge on any atom is -0.494 e. The van der Waals surface area contributed by atoms with Crippen molar-refractivity contribution in [2.24, 2.45) is 0 Å². The van der Waals surface area contributed by atoms with E-state index in [1.165, 1.54) is 13.2 Å². The Morgan fingerprint density at radius 3 is 2.54 bits per heavy atom. The van der Waals surface area contributed by atoms with Crippen molar-refractivity contribution < 1.29 is 23.8 Å². The van der Waals surface area contributed by atoms with Crippen LogP contribution in [0.25, 0.3) is 23.0 Å². The summed E-state index contributed by atoms with van der Waals surface area (Å²) in [6, 6.07) is 22.0. The Hall–Kier alpha value is -4.65. The van der Waals surface area contributed by atoms with E-state index in [0.29, 0.717) is 29.2 Å². The third-order valence-electron chi connectivity index (χ3n) is 5.58. The number of Topliss-reactive ketones (excluding diaryl/α,β-unsaturated/α-hetero) is 1. The summed E-state index contributed by atoms with van der Waals surface area (Å²) in [6.07, 6.45) is 3.53. The molecule has 1 aliphatic rings. The average Bonchev–Trinajstić information content (AvgIpc) is 3.46. The molecule has 1 aliphatic heterocycles. The second-order valence-electron chi connectivity index (χ2n) is 7.81. The van der Waals surface area contributed by atoms with Crippen LogP contribution < -0.4 is 9.47 Å². The number of fused-ring (bicyclic) bond motifs is 1. The zero-order valence-corrected chi connectivity index (χ0v) is 19.2. The fourth-order valence-corrected chi connectivity index (χ4v) is 3.88. The van der Waals surface area contributed by atoms with E-state index >= 15 is 0 Å². The number of esters is 1. The number of allylic oxidation sites excluding steroid dienone is 1. The topological polar surface area (TPSA) is 79.7 Å². The van der Waals surface area contributed by atoms with Crippen molar-refractivity contribution in [1.82, 2.24) is 9.78 Å². The maximum atomic E-state index is 13.1. The first-order valence-electron chi connectivity index (χ1n) is 11.1. The summed E-state index contributed by atoms with van der Waals surface area (Å²) in [5.41, 5.74) is 3.75. The number of ether oxygens (including phenoxy) is 3. The van der Waals surface area contributed by atoms with Crippen LogP contribution in [-0.4, -0.2) is 35.2 Å². The van der Waals surface area contributed by atoms with Gasteiger partial charge in [0.1, 0.15) is 17.2 Å². The van der Waals surface area contributed by atoms with Crippen LogP contribution in [0, 0.1) is 0 Å². The molecule has 4 aromatic rings. The van der Waals surface area contributed by atoms with Gasteiger partial charge in [0, 0.05) is 17.3 Å². The standard InChI is InChI=1S/C28H22N2O5/c1-3-34-22-12-9-18(10-13-22)26-20(17-30(29-26)21-7-5-4-6-8-21)16-25-27(31)23-15-19(28(32)33-2)11-14-24(23)35-25/h4-17H,3H2,1-2H3/b25-16-. The van der Waals surface area contributed by atoms with Crippen molar-refractivity contribution in [2.75, 3.05) is 13.7 Å². The molecule has 35 heavy (non-hydrogen) atoms. The number of hydrogen-bond acceptors (Lipinski definition) is 6. The van der Waals surface area contributed by atoms with E-state index in [9.17, 15) is 9.59 Å². The van der Waals surface area contributed by atoms with Crippen LogP contribution in [0.2, 0.25) is 0 Å². The van der Waals surface area contributed by atoms with Gasteiger partial charge in [-0.1, -0.05) is 18.2 Å². The van der Waals surface area contributed by atoms with Crippen LogP contribution in [0.15, 0.2) is 84.8 Å². The normalized spacial score (nSPS) is 13.4. The number of nitrogens with zero attached hydrogens (tertiary/aromatic N) is 2. The summed E-state index contributed by atoms with van der Waals surface area (Å²) in [4.78, 5) is 25.0. The summed E-state index contributed by atoms with van der Waals surface area (Å²) in [7, 11) is 1.30. The Balaban J connectivity index is 1.56. The molecule has 0 unspecified atom stereocenters. The fourth-order valence-electron chi connectivity index (χ4n) is 3.88. The lowest BCUT2D eigenvalue weighted by Gasteiger charge is -2.04. The summed E-state index contributed by atoms with van der Waals surface area (Å²) >= 11 is 0. The second-order valence-corrected chi connectivity index (χ2v) is 7.81. The van der Waals surface area contributed by atoms with E-state index in [0.717, 1.165) is 17.0 Å². The third-order valence-corrected chi connectivity index (χ3v) is 5.58. The fraction of sp³-hybridized carbons (Fsp3) is 0.107. The molecular weight excluding hydrogens is 444 g/mol. The lowest BCUT2D eigenvalue weighted by molar-refractivity contribution is 0.0600. The predicted molar refractivity (Wildman–Crippen MR) is 131 cm³/mol. The Morgan fingerprint density at radius 2 is 1.83 bits per heavy atom. The van der Waals surface area contributed by atoms with E-state index in [1.54, 1.807) is 22.9 Å². The summed E-state index contributed by atoms with van der Waals surface area (Å²) in [5, 5.41) is 4.79. The van der Waals surface area contributed by atoms with Gasteiger partial charge in [-0.25, -0.2) is 9.48 Å². The monoisotopic (exact) mass is 466 g/mol. The molecular formula is C28H22N2O5. The molecule has 0 saturated heterocycles. The first-order chi connectivity index (χ1) is 17.1. The second kappa shape index (κ2) is 9.30. The molecule has 174 valence electrons. The number of methoxy groups -OCH3 is 1. The van der Waals surface area contributed by atoms with E-state index in [-0.39, 0.29) is 17.1 Å². The lowest BCUT2D eigenvalue weighted by atomic mass is 10.0. The Morgan fingerprint density at radius 1 is 1.06 bits per heavy atom. The highest BCUT2D eigenvalue weighted by atomic mass is 16.5. The molecule has 0 atom stereocenters.